The molecular formula is C33H40N8O2Si. The van der Waals surface area contributed by atoms with Crippen LogP contribution >= 0.6 is 0 Å². The number of rotatable bonds is 5. The van der Waals surface area contributed by atoms with E-state index in [1.807, 2.05) is 48.0 Å². The number of fused-ring (bicyclic) bond motifs is 4. The van der Waals surface area contributed by atoms with Crippen LogP contribution in [-0.2, 0) is 4.43 Å². The lowest BCUT2D eigenvalue weighted by Gasteiger charge is -2.41. The molecule has 2 N–H and O–H groups in total. The minimum atomic E-state index is -1.70. The Morgan fingerprint density at radius 2 is 1.61 bits per heavy atom. The molecule has 6 aromatic rings. The molecule has 1 saturated carbocycles. The van der Waals surface area contributed by atoms with Gasteiger partial charge in [0, 0.05) is 40.8 Å². The Balaban J connectivity index is 0.000000167. The molecule has 0 unspecified atom stereocenters. The average Bonchev–Trinajstić information content (AvgIpc) is 3.76. The summed E-state index contributed by atoms with van der Waals surface area (Å²) in [5, 5.41) is 10.9. The maximum atomic E-state index is 12.5. The van der Waals surface area contributed by atoms with E-state index in [4.69, 9.17) is 4.43 Å². The van der Waals surface area contributed by atoms with Gasteiger partial charge in [0.1, 0.15) is 35.2 Å². The van der Waals surface area contributed by atoms with Gasteiger partial charge in [0.2, 0.25) is 5.78 Å². The van der Waals surface area contributed by atoms with Crippen LogP contribution in [0.15, 0.2) is 61.4 Å². The summed E-state index contributed by atoms with van der Waals surface area (Å²) in [6, 6.07) is 11.4. The molecule has 7 rings (SSSR count). The number of aromatic amines is 2. The fourth-order valence-corrected chi connectivity index (χ4v) is 7.17. The van der Waals surface area contributed by atoms with Crippen molar-refractivity contribution < 1.29 is 9.22 Å². The lowest BCUT2D eigenvalue weighted by molar-refractivity contribution is 0.103. The predicted molar refractivity (Wildman–Crippen MR) is 174 cm³/mol. The van der Waals surface area contributed by atoms with Gasteiger partial charge in [0.15, 0.2) is 8.32 Å². The van der Waals surface area contributed by atoms with Crippen LogP contribution in [0.25, 0.3) is 27.6 Å². The molecule has 5 heterocycles. The standard InChI is InChI=1S/C19H29N5OSi.C14H11N3O/c1-19(2,3)26(4,5)25-14-8-6-13(7-9-14)16-17-15-10-11-20-18(15)21-12-24(17)23-22-16;1-9-4-2-3-5-10(9)13(18)12-11-6-7-15-14(11)17-8-16-12/h10-14,20H,6-9H2,1-5H3;2-8H,1H3,(H,15,16,17). The molecule has 0 atom stereocenters. The van der Waals surface area contributed by atoms with Gasteiger partial charge in [-0.2, -0.15) is 0 Å². The molecule has 0 spiro atoms. The first-order chi connectivity index (χ1) is 21.0. The van der Waals surface area contributed by atoms with E-state index in [0.29, 0.717) is 28.9 Å². The molecule has 0 saturated heterocycles. The highest BCUT2D eigenvalue weighted by Crippen LogP contribution is 2.41. The molecule has 1 fully saturated rings. The number of nitrogens with zero attached hydrogens (tertiary/aromatic N) is 6. The van der Waals surface area contributed by atoms with E-state index in [9.17, 15) is 4.79 Å². The SMILES string of the molecule is CC(C)(C)[Si](C)(C)OC1CCC(c2nnn3cnc4[nH]ccc4c23)CC1.Cc1ccccc1C(=O)c1ncnc2[nH]ccc12. The van der Waals surface area contributed by atoms with E-state index in [1.165, 1.54) is 6.33 Å². The summed E-state index contributed by atoms with van der Waals surface area (Å²) in [4.78, 5) is 31.2. The zero-order valence-electron chi connectivity index (χ0n) is 26.3. The predicted octanol–water partition coefficient (Wildman–Crippen LogP) is 7.15. The molecule has 10 nitrogen and oxygen atoms in total. The molecule has 0 bridgehead atoms. The van der Waals surface area contributed by atoms with E-state index < -0.39 is 8.32 Å². The van der Waals surface area contributed by atoms with Gasteiger partial charge >= 0.3 is 0 Å². The summed E-state index contributed by atoms with van der Waals surface area (Å²) in [5.41, 5.74) is 5.87. The third-order valence-electron chi connectivity index (χ3n) is 9.28. The van der Waals surface area contributed by atoms with Gasteiger partial charge in [0.05, 0.1) is 5.69 Å². The smallest absolute Gasteiger partial charge is 0.212 e. The summed E-state index contributed by atoms with van der Waals surface area (Å²) in [5.74, 6) is 0.382. The Bertz CT molecular complexity index is 1920. The molecule has 5 aromatic heterocycles. The van der Waals surface area contributed by atoms with Crippen LogP contribution in [0.1, 0.15) is 79.7 Å². The number of aryl methyl sites for hydroxylation is 1. The molecule has 1 aromatic carbocycles. The minimum Gasteiger partial charge on any atom is -0.414 e. The fraction of sp³-hybridized carbons (Fsp3) is 0.394. The summed E-state index contributed by atoms with van der Waals surface area (Å²) >= 11 is 0. The van der Waals surface area contributed by atoms with Crippen LogP contribution in [0, 0.1) is 6.92 Å². The Morgan fingerprint density at radius 3 is 2.32 bits per heavy atom. The number of benzene rings is 1. The highest BCUT2D eigenvalue weighted by Gasteiger charge is 2.40. The Labute approximate surface area is 257 Å². The van der Waals surface area contributed by atoms with Gasteiger partial charge in [-0.25, -0.2) is 19.5 Å². The largest absolute Gasteiger partial charge is 0.414 e. The molecule has 0 radical (unpaired) electrons. The number of nitrogens with one attached hydrogen (secondary N) is 2. The van der Waals surface area contributed by atoms with Gasteiger partial charge in [-0.3, -0.25) is 4.79 Å². The van der Waals surface area contributed by atoms with Gasteiger partial charge in [-0.1, -0.05) is 50.3 Å². The van der Waals surface area contributed by atoms with Crippen LogP contribution in [0.2, 0.25) is 18.1 Å². The van der Waals surface area contributed by atoms with Crippen molar-refractivity contribution in [3.63, 3.8) is 0 Å². The molecule has 0 amide bonds. The molecular weight excluding hydrogens is 569 g/mol. The first-order valence-corrected chi connectivity index (χ1v) is 18.2. The highest BCUT2D eigenvalue weighted by molar-refractivity contribution is 6.74. The first kappa shape index (κ1) is 29.8. The second-order valence-electron chi connectivity index (χ2n) is 13.2. The molecule has 1 aliphatic carbocycles. The van der Waals surface area contributed by atoms with Crippen molar-refractivity contribution in [3.05, 3.63) is 84.0 Å². The summed E-state index contributed by atoms with van der Waals surface area (Å²) < 4.78 is 8.45. The number of carbonyl (C=O) groups is 1. The second-order valence-corrected chi connectivity index (χ2v) is 18.0. The lowest BCUT2D eigenvalue weighted by atomic mass is 9.85. The summed E-state index contributed by atoms with van der Waals surface area (Å²) in [7, 11) is -1.70. The maximum Gasteiger partial charge on any atom is 0.212 e. The van der Waals surface area contributed by atoms with Gasteiger partial charge in [-0.15, -0.1) is 5.10 Å². The fourth-order valence-electron chi connectivity index (χ4n) is 5.75. The number of H-pyrrole nitrogens is 2. The van der Waals surface area contributed by atoms with E-state index in [-0.39, 0.29) is 10.8 Å². The van der Waals surface area contributed by atoms with Crippen LogP contribution in [0.3, 0.4) is 0 Å². The third-order valence-corrected chi connectivity index (χ3v) is 13.8. The number of ketones is 1. The van der Waals surface area contributed by atoms with Crippen molar-refractivity contribution in [2.75, 3.05) is 0 Å². The summed E-state index contributed by atoms with van der Waals surface area (Å²) in [6.45, 7) is 13.5. The lowest BCUT2D eigenvalue weighted by Crippen LogP contribution is -2.44. The Morgan fingerprint density at radius 1 is 0.932 bits per heavy atom. The second kappa shape index (κ2) is 11.7. The number of hydrogen-bond acceptors (Lipinski definition) is 7. The van der Waals surface area contributed by atoms with Crippen molar-refractivity contribution in [1.29, 1.82) is 0 Å². The van der Waals surface area contributed by atoms with Crippen molar-refractivity contribution in [3.8, 4) is 0 Å². The monoisotopic (exact) mass is 608 g/mol. The van der Waals surface area contributed by atoms with Crippen LogP contribution in [0.5, 0.6) is 0 Å². The van der Waals surface area contributed by atoms with Crippen molar-refractivity contribution in [2.45, 2.75) is 83.5 Å². The topological polar surface area (TPSA) is 127 Å². The zero-order valence-corrected chi connectivity index (χ0v) is 27.3. The van der Waals surface area contributed by atoms with Crippen LogP contribution in [0.4, 0.5) is 0 Å². The van der Waals surface area contributed by atoms with Crippen molar-refractivity contribution in [1.82, 2.24) is 39.7 Å². The van der Waals surface area contributed by atoms with Gasteiger partial charge < -0.3 is 14.4 Å². The minimum absolute atomic E-state index is 0.0694. The van der Waals surface area contributed by atoms with E-state index in [2.05, 4.69) is 75.2 Å². The van der Waals surface area contributed by atoms with Gasteiger partial charge in [-0.05, 0) is 68.4 Å². The van der Waals surface area contributed by atoms with E-state index in [0.717, 1.165) is 58.9 Å². The average molecular weight is 609 g/mol. The number of hydrogen-bond donors (Lipinski definition) is 2. The first-order valence-electron chi connectivity index (χ1n) is 15.3. The molecule has 44 heavy (non-hydrogen) atoms. The third kappa shape index (κ3) is 5.69. The molecule has 0 aliphatic heterocycles. The zero-order chi connectivity index (χ0) is 31.1. The maximum absolute atomic E-state index is 12.5. The summed E-state index contributed by atoms with van der Waals surface area (Å²) in [6.07, 6.45) is 11.7. The molecule has 228 valence electrons. The number of aromatic nitrogens is 8. The highest BCUT2D eigenvalue weighted by atomic mass is 28.4. The normalized spacial score (nSPS) is 17.6. The molecule has 1 aliphatic rings. The van der Waals surface area contributed by atoms with Crippen LogP contribution < -0.4 is 0 Å². The quantitative estimate of drug-likeness (QED) is 0.157. The molecule has 11 heteroatoms. The Hall–Kier alpha value is -4.22. The van der Waals surface area contributed by atoms with Crippen molar-refractivity contribution >= 4 is 41.7 Å². The van der Waals surface area contributed by atoms with Gasteiger partial charge in [0.25, 0.3) is 0 Å². The number of carbonyl (C=O) groups excluding carboxylic acids is 1. The van der Waals surface area contributed by atoms with E-state index in [1.54, 1.807) is 12.5 Å². The Kier molecular flexibility index (Phi) is 7.93. The van der Waals surface area contributed by atoms with Crippen LogP contribution in [-0.4, -0.2) is 60.0 Å². The van der Waals surface area contributed by atoms with E-state index >= 15 is 0 Å². The van der Waals surface area contributed by atoms with Crippen molar-refractivity contribution in [2.24, 2.45) is 0 Å².